The normalized spacial score (nSPS) is 10.8. The first-order valence-electron chi connectivity index (χ1n) is 9.57. The minimum absolute atomic E-state index is 0.113. The Morgan fingerprint density at radius 3 is 2.29 bits per heavy atom. The number of carbonyl (C=O) groups excluding carboxylic acids is 1. The third-order valence-corrected chi connectivity index (χ3v) is 4.91. The Kier molecular flexibility index (Phi) is 5.29. The fraction of sp³-hybridized carbons (Fsp3) is 0.120. The molecule has 1 heterocycles. The zero-order valence-electron chi connectivity index (χ0n) is 17.2. The standard InChI is InChI=1S/C25H19FO5/c1-14-12-15(2)22-20(13-14)21(27)24(31-25(28)17-4-8-18(26)9-5-17)23(30-22)16-6-10-19(29-3)11-7-16/h4-13H,1-3H3. The Bertz CT molecular complexity index is 1340. The summed E-state index contributed by atoms with van der Waals surface area (Å²) in [5.41, 5.74) is 2.28. The second-order valence-corrected chi connectivity index (χ2v) is 7.17. The van der Waals surface area contributed by atoms with Gasteiger partial charge in [-0.3, -0.25) is 4.79 Å². The molecule has 4 rings (SSSR count). The van der Waals surface area contributed by atoms with Crippen molar-refractivity contribution in [1.29, 1.82) is 0 Å². The van der Waals surface area contributed by atoms with E-state index in [-0.39, 0.29) is 17.1 Å². The van der Waals surface area contributed by atoms with E-state index in [9.17, 15) is 14.0 Å². The topological polar surface area (TPSA) is 65.7 Å². The molecule has 4 aromatic rings. The summed E-state index contributed by atoms with van der Waals surface area (Å²) in [5.74, 6) is -0.736. The minimum Gasteiger partial charge on any atom is -0.497 e. The molecule has 0 fully saturated rings. The van der Waals surface area contributed by atoms with Crippen LogP contribution in [0.2, 0.25) is 0 Å². The molecule has 31 heavy (non-hydrogen) atoms. The van der Waals surface area contributed by atoms with Crippen LogP contribution in [0.5, 0.6) is 11.5 Å². The van der Waals surface area contributed by atoms with Gasteiger partial charge in [-0.2, -0.15) is 0 Å². The number of hydrogen-bond acceptors (Lipinski definition) is 5. The van der Waals surface area contributed by atoms with Crippen LogP contribution in [0.25, 0.3) is 22.3 Å². The van der Waals surface area contributed by atoms with Crippen LogP contribution in [-0.2, 0) is 0 Å². The van der Waals surface area contributed by atoms with E-state index in [1.807, 2.05) is 19.9 Å². The van der Waals surface area contributed by atoms with Crippen LogP contribution in [0.1, 0.15) is 21.5 Å². The van der Waals surface area contributed by atoms with Crippen molar-refractivity contribution in [3.63, 3.8) is 0 Å². The number of aryl methyl sites for hydroxylation is 2. The van der Waals surface area contributed by atoms with E-state index >= 15 is 0 Å². The lowest BCUT2D eigenvalue weighted by molar-refractivity contribution is 0.0731. The van der Waals surface area contributed by atoms with Crippen molar-refractivity contribution >= 4 is 16.9 Å². The Balaban J connectivity index is 1.91. The van der Waals surface area contributed by atoms with Crippen molar-refractivity contribution in [2.24, 2.45) is 0 Å². The van der Waals surface area contributed by atoms with Gasteiger partial charge in [0.2, 0.25) is 11.2 Å². The van der Waals surface area contributed by atoms with E-state index in [1.54, 1.807) is 37.4 Å². The van der Waals surface area contributed by atoms with Crippen molar-refractivity contribution in [3.8, 4) is 22.8 Å². The first kappa shape index (κ1) is 20.3. The fourth-order valence-electron chi connectivity index (χ4n) is 3.40. The quantitative estimate of drug-likeness (QED) is 0.413. The molecule has 0 bridgehead atoms. The van der Waals surface area contributed by atoms with Gasteiger partial charge in [-0.25, -0.2) is 9.18 Å². The van der Waals surface area contributed by atoms with Crippen molar-refractivity contribution in [3.05, 3.63) is 93.4 Å². The predicted octanol–water partition coefficient (Wildman–Crippen LogP) is 5.44. The fourth-order valence-corrected chi connectivity index (χ4v) is 3.40. The van der Waals surface area contributed by atoms with E-state index in [0.717, 1.165) is 23.3 Å². The first-order valence-corrected chi connectivity index (χ1v) is 9.57. The summed E-state index contributed by atoms with van der Waals surface area (Å²) in [6.45, 7) is 3.72. The number of benzene rings is 3. The van der Waals surface area contributed by atoms with Crippen LogP contribution in [0.3, 0.4) is 0 Å². The summed E-state index contributed by atoms with van der Waals surface area (Å²) in [6, 6.07) is 15.3. The maximum Gasteiger partial charge on any atom is 0.343 e. The molecular formula is C25H19FO5. The molecule has 0 atom stereocenters. The molecule has 5 nitrogen and oxygen atoms in total. The second-order valence-electron chi connectivity index (χ2n) is 7.17. The number of halogens is 1. The molecule has 0 spiro atoms. The summed E-state index contributed by atoms with van der Waals surface area (Å²) in [7, 11) is 1.55. The van der Waals surface area contributed by atoms with Crippen molar-refractivity contribution in [2.75, 3.05) is 7.11 Å². The lowest BCUT2D eigenvalue weighted by atomic mass is 10.1. The third-order valence-electron chi connectivity index (χ3n) is 4.91. The maximum absolute atomic E-state index is 13.3. The third kappa shape index (κ3) is 3.92. The van der Waals surface area contributed by atoms with E-state index in [0.29, 0.717) is 22.3 Å². The average Bonchev–Trinajstić information content (AvgIpc) is 2.76. The number of esters is 1. The van der Waals surface area contributed by atoms with Crippen molar-refractivity contribution in [1.82, 2.24) is 0 Å². The Hall–Kier alpha value is -3.93. The van der Waals surface area contributed by atoms with Crippen LogP contribution in [0, 0.1) is 19.7 Å². The highest BCUT2D eigenvalue weighted by Crippen LogP contribution is 2.33. The van der Waals surface area contributed by atoms with Gasteiger partial charge < -0.3 is 13.9 Å². The molecule has 0 aliphatic heterocycles. The monoisotopic (exact) mass is 418 g/mol. The number of methoxy groups -OCH3 is 1. The highest BCUT2D eigenvalue weighted by atomic mass is 19.1. The molecule has 3 aromatic carbocycles. The van der Waals surface area contributed by atoms with Crippen LogP contribution >= 0.6 is 0 Å². The van der Waals surface area contributed by atoms with Gasteiger partial charge in [0.05, 0.1) is 18.1 Å². The van der Waals surface area contributed by atoms with Crippen molar-refractivity contribution in [2.45, 2.75) is 13.8 Å². The number of hydrogen-bond donors (Lipinski definition) is 0. The van der Waals surface area contributed by atoms with Crippen LogP contribution in [-0.4, -0.2) is 13.1 Å². The van der Waals surface area contributed by atoms with Gasteiger partial charge in [0.15, 0.2) is 5.76 Å². The Morgan fingerprint density at radius 2 is 1.65 bits per heavy atom. The predicted molar refractivity (Wildman–Crippen MR) is 115 cm³/mol. The zero-order valence-corrected chi connectivity index (χ0v) is 17.2. The van der Waals surface area contributed by atoms with Gasteiger partial charge in [0.1, 0.15) is 17.1 Å². The number of fused-ring (bicyclic) bond motifs is 1. The molecule has 0 aliphatic carbocycles. The van der Waals surface area contributed by atoms with Crippen molar-refractivity contribution < 1.29 is 23.1 Å². The van der Waals surface area contributed by atoms with E-state index in [2.05, 4.69) is 0 Å². The van der Waals surface area contributed by atoms with Crippen LogP contribution in [0.4, 0.5) is 4.39 Å². The lowest BCUT2D eigenvalue weighted by Gasteiger charge is -2.12. The summed E-state index contributed by atoms with van der Waals surface area (Å²) >= 11 is 0. The molecule has 0 aliphatic rings. The van der Waals surface area contributed by atoms with Crippen LogP contribution < -0.4 is 14.9 Å². The molecule has 0 saturated heterocycles. The molecule has 0 amide bonds. The Labute approximate surface area is 177 Å². The minimum atomic E-state index is -0.786. The number of ether oxygens (including phenoxy) is 2. The molecular weight excluding hydrogens is 399 g/mol. The summed E-state index contributed by atoms with van der Waals surface area (Å²) in [4.78, 5) is 26.0. The van der Waals surface area contributed by atoms with Gasteiger partial charge in [0.25, 0.3) is 0 Å². The van der Waals surface area contributed by atoms with Gasteiger partial charge in [0, 0.05) is 5.56 Å². The average molecular weight is 418 g/mol. The van der Waals surface area contributed by atoms with Gasteiger partial charge in [-0.15, -0.1) is 0 Å². The number of rotatable bonds is 4. The Morgan fingerprint density at radius 1 is 0.968 bits per heavy atom. The summed E-state index contributed by atoms with van der Waals surface area (Å²) in [5, 5.41) is 0.316. The highest BCUT2D eigenvalue weighted by Gasteiger charge is 2.22. The molecule has 0 N–H and O–H groups in total. The molecule has 0 radical (unpaired) electrons. The smallest absolute Gasteiger partial charge is 0.343 e. The molecule has 1 aromatic heterocycles. The summed E-state index contributed by atoms with van der Waals surface area (Å²) < 4.78 is 30.0. The van der Waals surface area contributed by atoms with E-state index < -0.39 is 17.2 Å². The van der Waals surface area contributed by atoms with E-state index in [1.165, 1.54) is 12.1 Å². The number of carbonyl (C=O) groups is 1. The second kappa shape index (κ2) is 8.07. The SMILES string of the molecule is COc1ccc(-c2oc3c(C)cc(C)cc3c(=O)c2OC(=O)c2ccc(F)cc2)cc1. The van der Waals surface area contributed by atoms with Crippen LogP contribution in [0.15, 0.2) is 69.9 Å². The highest BCUT2D eigenvalue weighted by molar-refractivity contribution is 5.93. The largest absolute Gasteiger partial charge is 0.497 e. The van der Waals surface area contributed by atoms with Gasteiger partial charge in [-0.05, 0) is 79.6 Å². The molecule has 156 valence electrons. The maximum atomic E-state index is 13.3. The van der Waals surface area contributed by atoms with Gasteiger partial charge in [-0.1, -0.05) is 6.07 Å². The zero-order chi connectivity index (χ0) is 22.1. The molecule has 6 heteroatoms. The summed E-state index contributed by atoms with van der Waals surface area (Å²) in [6.07, 6.45) is 0. The molecule has 0 saturated carbocycles. The lowest BCUT2D eigenvalue weighted by Crippen LogP contribution is -2.16. The van der Waals surface area contributed by atoms with Gasteiger partial charge >= 0.3 is 5.97 Å². The molecule has 0 unspecified atom stereocenters. The van der Waals surface area contributed by atoms with E-state index in [4.69, 9.17) is 13.9 Å². The first-order chi connectivity index (χ1) is 14.9.